The van der Waals surface area contributed by atoms with Gasteiger partial charge in [0.15, 0.2) is 0 Å². The van der Waals surface area contributed by atoms with Crippen LogP contribution < -0.4 is 0 Å². The highest BCUT2D eigenvalue weighted by Crippen LogP contribution is 2.26. The van der Waals surface area contributed by atoms with E-state index in [4.69, 9.17) is 9.97 Å². The van der Waals surface area contributed by atoms with E-state index in [1.165, 1.54) is 25.8 Å². The second kappa shape index (κ2) is 7.61. The van der Waals surface area contributed by atoms with Gasteiger partial charge in [0.05, 0.1) is 22.4 Å². The van der Waals surface area contributed by atoms with E-state index in [0.717, 1.165) is 48.6 Å². The molecule has 5 rings (SSSR count). The maximum absolute atomic E-state index is 4.91. The molecule has 0 amide bonds. The first kappa shape index (κ1) is 17.8. The molecule has 144 valence electrons. The standard InChI is InChI=1S/C24H28N4/c1-18-24(26-23-10-5-4-9-22(23)25-18)17-27-11-6-12-28(14-13-27)21-15-19-7-2-3-8-20(19)16-21/h2-5,7-10,21H,6,11-17H2,1H3. The quantitative estimate of drug-likeness (QED) is 0.703. The summed E-state index contributed by atoms with van der Waals surface area (Å²) in [6.45, 7) is 7.61. The van der Waals surface area contributed by atoms with Crippen LogP contribution in [0, 0.1) is 6.92 Å². The predicted molar refractivity (Wildman–Crippen MR) is 113 cm³/mol. The van der Waals surface area contributed by atoms with E-state index in [-0.39, 0.29) is 0 Å². The van der Waals surface area contributed by atoms with Crippen molar-refractivity contribution in [1.29, 1.82) is 0 Å². The summed E-state index contributed by atoms with van der Waals surface area (Å²) in [7, 11) is 0. The molecule has 4 nitrogen and oxygen atoms in total. The van der Waals surface area contributed by atoms with Crippen molar-refractivity contribution in [3.8, 4) is 0 Å². The van der Waals surface area contributed by atoms with Crippen molar-refractivity contribution in [1.82, 2.24) is 19.8 Å². The molecule has 2 aromatic carbocycles. The normalized spacial score (nSPS) is 19.0. The van der Waals surface area contributed by atoms with Crippen molar-refractivity contribution in [3.63, 3.8) is 0 Å². The zero-order valence-corrected chi connectivity index (χ0v) is 16.6. The van der Waals surface area contributed by atoms with Gasteiger partial charge in [-0.2, -0.15) is 0 Å². The first-order valence-corrected chi connectivity index (χ1v) is 10.5. The summed E-state index contributed by atoms with van der Waals surface area (Å²) in [4.78, 5) is 15.0. The molecule has 4 heteroatoms. The van der Waals surface area contributed by atoms with Gasteiger partial charge in [0.25, 0.3) is 0 Å². The van der Waals surface area contributed by atoms with Crippen LogP contribution in [0.1, 0.15) is 28.9 Å². The van der Waals surface area contributed by atoms with Gasteiger partial charge in [-0.3, -0.25) is 9.80 Å². The summed E-state index contributed by atoms with van der Waals surface area (Å²) in [5.41, 5.74) is 7.28. The van der Waals surface area contributed by atoms with Crippen molar-refractivity contribution < 1.29 is 0 Å². The fraction of sp³-hybridized carbons (Fsp3) is 0.417. The average molecular weight is 373 g/mol. The highest BCUT2D eigenvalue weighted by molar-refractivity contribution is 5.74. The molecule has 0 N–H and O–H groups in total. The van der Waals surface area contributed by atoms with Crippen molar-refractivity contribution in [2.24, 2.45) is 0 Å². The molecular formula is C24H28N4. The molecular weight excluding hydrogens is 344 g/mol. The fourth-order valence-corrected chi connectivity index (χ4v) is 4.79. The van der Waals surface area contributed by atoms with Crippen LogP contribution in [0.25, 0.3) is 11.0 Å². The van der Waals surface area contributed by atoms with Gasteiger partial charge >= 0.3 is 0 Å². The van der Waals surface area contributed by atoms with Crippen LogP contribution in [0.2, 0.25) is 0 Å². The van der Waals surface area contributed by atoms with Crippen molar-refractivity contribution >= 4 is 11.0 Å². The molecule has 2 aliphatic rings. The van der Waals surface area contributed by atoms with E-state index in [2.05, 4.69) is 47.1 Å². The van der Waals surface area contributed by atoms with Crippen LogP contribution in [0.15, 0.2) is 48.5 Å². The van der Waals surface area contributed by atoms with Crippen LogP contribution in [-0.2, 0) is 19.4 Å². The number of fused-ring (bicyclic) bond motifs is 2. The Morgan fingerprint density at radius 1 is 0.821 bits per heavy atom. The second-order valence-corrected chi connectivity index (χ2v) is 8.24. The third kappa shape index (κ3) is 3.54. The van der Waals surface area contributed by atoms with Gasteiger partial charge in [0.1, 0.15) is 0 Å². The number of aromatic nitrogens is 2. The molecule has 0 atom stereocenters. The van der Waals surface area contributed by atoms with Gasteiger partial charge in [0, 0.05) is 25.7 Å². The van der Waals surface area contributed by atoms with Crippen LogP contribution in [-0.4, -0.2) is 52.0 Å². The smallest absolute Gasteiger partial charge is 0.0890 e. The van der Waals surface area contributed by atoms with Gasteiger partial charge in [0.2, 0.25) is 0 Å². The zero-order valence-electron chi connectivity index (χ0n) is 16.6. The minimum absolute atomic E-state index is 0.680. The number of benzene rings is 2. The third-order valence-corrected chi connectivity index (χ3v) is 6.39. The lowest BCUT2D eigenvalue weighted by Crippen LogP contribution is -2.39. The van der Waals surface area contributed by atoms with Gasteiger partial charge < -0.3 is 0 Å². The number of hydrogen-bond donors (Lipinski definition) is 0. The Kier molecular flexibility index (Phi) is 4.83. The van der Waals surface area contributed by atoms with E-state index in [0.29, 0.717) is 6.04 Å². The van der Waals surface area contributed by atoms with E-state index in [9.17, 15) is 0 Å². The van der Waals surface area contributed by atoms with Gasteiger partial charge in [-0.1, -0.05) is 36.4 Å². The maximum atomic E-state index is 4.91. The summed E-state index contributed by atoms with van der Waals surface area (Å²) in [6.07, 6.45) is 3.66. The molecule has 3 aromatic rings. The lowest BCUT2D eigenvalue weighted by molar-refractivity contribution is 0.200. The molecule has 1 saturated heterocycles. The van der Waals surface area contributed by atoms with Gasteiger partial charge in [-0.15, -0.1) is 0 Å². The zero-order chi connectivity index (χ0) is 18.9. The molecule has 0 radical (unpaired) electrons. The minimum Gasteiger partial charge on any atom is -0.298 e. The summed E-state index contributed by atoms with van der Waals surface area (Å²) in [5.74, 6) is 0. The summed E-state index contributed by atoms with van der Waals surface area (Å²) < 4.78 is 0. The minimum atomic E-state index is 0.680. The molecule has 0 spiro atoms. The van der Waals surface area contributed by atoms with Crippen LogP contribution in [0.5, 0.6) is 0 Å². The number of para-hydroxylation sites is 2. The van der Waals surface area contributed by atoms with Crippen LogP contribution in [0.4, 0.5) is 0 Å². The first-order chi connectivity index (χ1) is 13.8. The van der Waals surface area contributed by atoms with Crippen molar-refractivity contribution in [2.45, 2.75) is 38.8 Å². The Labute approximate surface area is 167 Å². The Bertz CT molecular complexity index is 958. The first-order valence-electron chi connectivity index (χ1n) is 10.5. The average Bonchev–Trinajstić information content (AvgIpc) is 3.01. The predicted octanol–water partition coefficient (Wildman–Crippen LogP) is 3.61. The highest BCUT2D eigenvalue weighted by Gasteiger charge is 2.28. The number of rotatable bonds is 3. The van der Waals surface area contributed by atoms with E-state index in [1.807, 2.05) is 18.2 Å². The van der Waals surface area contributed by atoms with Gasteiger partial charge in [-0.25, -0.2) is 9.97 Å². The Hall–Kier alpha value is -2.30. The summed E-state index contributed by atoms with van der Waals surface area (Å²) in [5, 5.41) is 0. The summed E-state index contributed by atoms with van der Waals surface area (Å²) >= 11 is 0. The van der Waals surface area contributed by atoms with Crippen molar-refractivity contribution in [2.75, 3.05) is 26.2 Å². The topological polar surface area (TPSA) is 32.3 Å². The maximum Gasteiger partial charge on any atom is 0.0890 e. The fourth-order valence-electron chi connectivity index (χ4n) is 4.79. The largest absolute Gasteiger partial charge is 0.298 e. The number of aryl methyl sites for hydroxylation is 1. The van der Waals surface area contributed by atoms with E-state index in [1.54, 1.807) is 11.1 Å². The molecule has 1 aliphatic heterocycles. The van der Waals surface area contributed by atoms with E-state index < -0.39 is 0 Å². The Balaban J connectivity index is 1.25. The molecule has 1 fully saturated rings. The Morgan fingerprint density at radius 3 is 2.25 bits per heavy atom. The van der Waals surface area contributed by atoms with Crippen LogP contribution >= 0.6 is 0 Å². The SMILES string of the molecule is Cc1nc2ccccc2nc1CN1CCCN(C2Cc3ccccc3C2)CC1. The third-order valence-electron chi connectivity index (χ3n) is 6.39. The van der Waals surface area contributed by atoms with Crippen molar-refractivity contribution in [3.05, 3.63) is 71.0 Å². The molecule has 1 aliphatic carbocycles. The molecule has 0 bridgehead atoms. The lowest BCUT2D eigenvalue weighted by atomic mass is 10.1. The molecule has 1 aromatic heterocycles. The van der Waals surface area contributed by atoms with E-state index >= 15 is 0 Å². The number of hydrogen-bond acceptors (Lipinski definition) is 4. The molecule has 28 heavy (non-hydrogen) atoms. The molecule has 0 unspecified atom stereocenters. The lowest BCUT2D eigenvalue weighted by Gasteiger charge is -2.27. The molecule has 2 heterocycles. The highest BCUT2D eigenvalue weighted by atomic mass is 15.2. The van der Waals surface area contributed by atoms with Crippen LogP contribution in [0.3, 0.4) is 0 Å². The number of nitrogens with zero attached hydrogens (tertiary/aromatic N) is 4. The molecule has 0 saturated carbocycles. The summed E-state index contributed by atoms with van der Waals surface area (Å²) in [6, 6.07) is 17.8. The van der Waals surface area contributed by atoms with Gasteiger partial charge in [-0.05, 0) is 62.5 Å². The Morgan fingerprint density at radius 2 is 1.50 bits per heavy atom. The second-order valence-electron chi connectivity index (χ2n) is 8.24. The monoisotopic (exact) mass is 372 g/mol.